The maximum atomic E-state index is 5.97. The minimum Gasteiger partial charge on any atom is -0.333 e. The Morgan fingerprint density at radius 2 is 2.19 bits per heavy atom. The smallest absolute Gasteiger partial charge is 0.166 e. The average molecular weight is 273 g/mol. The van der Waals surface area contributed by atoms with Gasteiger partial charge in [0.05, 0.1) is 11.0 Å². The first-order valence-electron chi connectivity index (χ1n) is 5.10. The van der Waals surface area contributed by atoms with Crippen molar-refractivity contribution in [2.75, 3.05) is 5.75 Å². The topological polar surface area (TPSA) is 28.7 Å². The number of halogens is 2. The molecule has 1 fully saturated rings. The Labute approximate surface area is 108 Å². The SMILES string of the molecule is ClC1(Cl)C[C@@H]1CSc1nc2ccccc2[nH]1. The van der Waals surface area contributed by atoms with Crippen LogP contribution in [-0.4, -0.2) is 20.1 Å². The van der Waals surface area contributed by atoms with E-state index in [1.165, 1.54) is 0 Å². The van der Waals surface area contributed by atoms with E-state index in [0.29, 0.717) is 5.92 Å². The largest absolute Gasteiger partial charge is 0.333 e. The van der Waals surface area contributed by atoms with Crippen LogP contribution in [0, 0.1) is 5.92 Å². The molecule has 0 unspecified atom stereocenters. The summed E-state index contributed by atoms with van der Waals surface area (Å²) in [4.78, 5) is 7.75. The molecule has 3 rings (SSSR count). The predicted molar refractivity (Wildman–Crippen MR) is 69.4 cm³/mol. The summed E-state index contributed by atoms with van der Waals surface area (Å²) in [6.07, 6.45) is 0.892. The van der Waals surface area contributed by atoms with Crippen molar-refractivity contribution in [3.8, 4) is 0 Å². The van der Waals surface area contributed by atoms with Crippen LogP contribution < -0.4 is 0 Å². The zero-order valence-electron chi connectivity index (χ0n) is 8.41. The number of hydrogen-bond donors (Lipinski definition) is 1. The van der Waals surface area contributed by atoms with E-state index in [0.717, 1.165) is 28.4 Å². The van der Waals surface area contributed by atoms with E-state index in [4.69, 9.17) is 23.2 Å². The maximum Gasteiger partial charge on any atom is 0.166 e. The van der Waals surface area contributed by atoms with Gasteiger partial charge in [0.1, 0.15) is 4.33 Å². The fourth-order valence-corrected chi connectivity index (χ4v) is 3.44. The number of alkyl halides is 2. The van der Waals surface area contributed by atoms with Crippen molar-refractivity contribution in [1.29, 1.82) is 0 Å². The number of imidazole rings is 1. The van der Waals surface area contributed by atoms with Gasteiger partial charge in [-0.25, -0.2) is 4.98 Å². The molecule has 0 saturated heterocycles. The highest BCUT2D eigenvalue weighted by Crippen LogP contribution is 2.54. The Bertz CT molecular complexity index is 490. The second kappa shape index (κ2) is 3.83. The molecule has 1 aromatic heterocycles. The average Bonchev–Trinajstić information content (AvgIpc) is 2.72. The molecule has 1 aliphatic carbocycles. The Morgan fingerprint density at radius 3 is 2.88 bits per heavy atom. The second-order valence-corrected chi connectivity index (χ2v) is 6.58. The van der Waals surface area contributed by atoms with Crippen LogP contribution in [0.25, 0.3) is 11.0 Å². The van der Waals surface area contributed by atoms with Crippen LogP contribution in [0.4, 0.5) is 0 Å². The van der Waals surface area contributed by atoms with Gasteiger partial charge in [-0.3, -0.25) is 0 Å². The molecule has 0 amide bonds. The molecule has 0 radical (unpaired) electrons. The zero-order valence-corrected chi connectivity index (χ0v) is 10.7. The van der Waals surface area contributed by atoms with Crippen LogP contribution >= 0.6 is 35.0 Å². The minimum absolute atomic E-state index is 0.397. The van der Waals surface area contributed by atoms with Crippen molar-refractivity contribution >= 4 is 46.0 Å². The fourth-order valence-electron chi connectivity index (χ4n) is 1.63. The molecule has 1 atom stereocenters. The molecule has 0 bridgehead atoms. The highest BCUT2D eigenvalue weighted by Gasteiger charge is 2.51. The van der Waals surface area contributed by atoms with E-state index in [1.54, 1.807) is 11.8 Å². The lowest BCUT2D eigenvalue weighted by Gasteiger charge is -1.97. The molecule has 1 aliphatic rings. The normalized spacial score (nSPS) is 22.5. The summed E-state index contributed by atoms with van der Waals surface area (Å²) in [5.74, 6) is 1.32. The Hall–Kier alpha value is -0.380. The molecule has 1 N–H and O–H groups in total. The van der Waals surface area contributed by atoms with Gasteiger partial charge in [-0.1, -0.05) is 23.9 Å². The number of aromatic amines is 1. The van der Waals surface area contributed by atoms with Crippen molar-refractivity contribution in [2.24, 2.45) is 5.92 Å². The van der Waals surface area contributed by atoms with Crippen molar-refractivity contribution in [2.45, 2.75) is 15.9 Å². The van der Waals surface area contributed by atoms with E-state index in [1.807, 2.05) is 24.3 Å². The highest BCUT2D eigenvalue weighted by molar-refractivity contribution is 7.99. The monoisotopic (exact) mass is 272 g/mol. The zero-order chi connectivity index (χ0) is 11.2. The van der Waals surface area contributed by atoms with Crippen LogP contribution in [0.15, 0.2) is 29.4 Å². The molecule has 0 spiro atoms. The van der Waals surface area contributed by atoms with Crippen LogP contribution in [0.3, 0.4) is 0 Å². The summed E-state index contributed by atoms with van der Waals surface area (Å²) in [5.41, 5.74) is 2.08. The molecule has 2 nitrogen and oxygen atoms in total. The summed E-state index contributed by atoms with van der Waals surface area (Å²) in [7, 11) is 0. The van der Waals surface area contributed by atoms with Gasteiger partial charge >= 0.3 is 0 Å². The molecule has 5 heteroatoms. The first-order chi connectivity index (χ1) is 7.65. The number of benzene rings is 1. The van der Waals surface area contributed by atoms with Crippen LogP contribution in [0.2, 0.25) is 0 Å². The van der Waals surface area contributed by atoms with Gasteiger partial charge in [0.25, 0.3) is 0 Å². The lowest BCUT2D eigenvalue weighted by atomic mass is 10.3. The molecule has 84 valence electrons. The molecular weight excluding hydrogens is 263 g/mol. The number of H-pyrrole nitrogens is 1. The number of nitrogens with one attached hydrogen (secondary N) is 1. The summed E-state index contributed by atoms with van der Waals surface area (Å²) in [6.45, 7) is 0. The quantitative estimate of drug-likeness (QED) is 0.679. The molecule has 16 heavy (non-hydrogen) atoms. The third kappa shape index (κ3) is 2.04. The lowest BCUT2D eigenvalue weighted by Crippen LogP contribution is -1.93. The van der Waals surface area contributed by atoms with Gasteiger partial charge in [-0.2, -0.15) is 0 Å². The third-order valence-corrected chi connectivity index (χ3v) is 4.71. The van der Waals surface area contributed by atoms with Crippen molar-refractivity contribution in [3.05, 3.63) is 24.3 Å². The molecule has 2 aromatic rings. The van der Waals surface area contributed by atoms with Gasteiger partial charge in [-0.15, -0.1) is 23.2 Å². The highest BCUT2D eigenvalue weighted by atomic mass is 35.5. The van der Waals surface area contributed by atoms with Gasteiger partial charge in [-0.05, 0) is 18.6 Å². The van der Waals surface area contributed by atoms with E-state index < -0.39 is 4.33 Å². The van der Waals surface area contributed by atoms with Crippen LogP contribution in [0.5, 0.6) is 0 Å². The number of rotatable bonds is 3. The molecule has 1 saturated carbocycles. The standard InChI is InChI=1S/C11H10Cl2N2S/c12-11(13)5-7(11)6-16-10-14-8-3-1-2-4-9(8)15-10/h1-4,7H,5-6H2,(H,14,15)/t7-/m1/s1. The van der Waals surface area contributed by atoms with E-state index in [2.05, 4.69) is 9.97 Å². The third-order valence-electron chi connectivity index (χ3n) is 2.74. The van der Waals surface area contributed by atoms with Gasteiger partial charge in [0, 0.05) is 11.7 Å². The number of para-hydroxylation sites is 2. The van der Waals surface area contributed by atoms with Gasteiger partial charge in [0.15, 0.2) is 5.16 Å². The van der Waals surface area contributed by atoms with Crippen LogP contribution in [-0.2, 0) is 0 Å². The Balaban J connectivity index is 1.70. The number of fused-ring (bicyclic) bond motifs is 1. The van der Waals surface area contributed by atoms with Crippen molar-refractivity contribution < 1.29 is 0 Å². The molecule has 0 aliphatic heterocycles. The summed E-state index contributed by atoms with van der Waals surface area (Å²) < 4.78 is -0.487. The van der Waals surface area contributed by atoms with E-state index in [9.17, 15) is 0 Å². The Kier molecular flexibility index (Phi) is 2.57. The van der Waals surface area contributed by atoms with Crippen LogP contribution in [0.1, 0.15) is 6.42 Å². The minimum atomic E-state index is -0.487. The number of hydrogen-bond acceptors (Lipinski definition) is 2. The molecular formula is C11H10Cl2N2S. The van der Waals surface area contributed by atoms with E-state index in [-0.39, 0.29) is 0 Å². The van der Waals surface area contributed by atoms with Crippen molar-refractivity contribution in [3.63, 3.8) is 0 Å². The van der Waals surface area contributed by atoms with Crippen molar-refractivity contribution in [1.82, 2.24) is 9.97 Å². The Morgan fingerprint density at radius 1 is 1.44 bits per heavy atom. The number of nitrogens with zero attached hydrogens (tertiary/aromatic N) is 1. The van der Waals surface area contributed by atoms with E-state index >= 15 is 0 Å². The van der Waals surface area contributed by atoms with Gasteiger partial charge < -0.3 is 4.98 Å². The number of aromatic nitrogens is 2. The maximum absolute atomic E-state index is 5.97. The fraction of sp³-hybridized carbons (Fsp3) is 0.364. The second-order valence-electron chi connectivity index (χ2n) is 4.03. The molecule has 1 aromatic carbocycles. The summed E-state index contributed by atoms with van der Waals surface area (Å²) in [5, 5.41) is 0.942. The first-order valence-corrected chi connectivity index (χ1v) is 6.85. The first kappa shape index (κ1) is 10.8. The number of thioether (sulfide) groups is 1. The lowest BCUT2D eigenvalue weighted by molar-refractivity contribution is 0.968. The molecule has 1 heterocycles. The summed E-state index contributed by atoms with van der Waals surface area (Å²) in [6, 6.07) is 8.01. The van der Waals surface area contributed by atoms with Gasteiger partial charge in [0.2, 0.25) is 0 Å². The predicted octanol–water partition coefficient (Wildman–Crippen LogP) is 3.85. The summed E-state index contributed by atoms with van der Waals surface area (Å²) >= 11 is 13.6.